The number of rotatable bonds is 4. The molecule has 0 amide bonds. The lowest BCUT2D eigenvalue weighted by atomic mass is 9.97. The SMILES string of the molecule is CCSCCN1CC2(CCCC2)NCCC1C. The van der Waals surface area contributed by atoms with Crippen LogP contribution in [0.5, 0.6) is 0 Å². The predicted octanol–water partition coefficient (Wildman–Crippen LogP) is 2.74. The van der Waals surface area contributed by atoms with Gasteiger partial charge in [0, 0.05) is 30.4 Å². The summed E-state index contributed by atoms with van der Waals surface area (Å²) in [6, 6.07) is 0.764. The molecule has 0 aromatic rings. The van der Waals surface area contributed by atoms with Gasteiger partial charge < -0.3 is 5.32 Å². The van der Waals surface area contributed by atoms with Gasteiger partial charge in [-0.25, -0.2) is 0 Å². The van der Waals surface area contributed by atoms with Crippen LogP contribution < -0.4 is 5.32 Å². The van der Waals surface area contributed by atoms with E-state index in [0.717, 1.165) is 6.04 Å². The van der Waals surface area contributed by atoms with E-state index in [-0.39, 0.29) is 0 Å². The Hall–Kier alpha value is 0.270. The Kier molecular flexibility index (Phi) is 5.19. The van der Waals surface area contributed by atoms with Crippen molar-refractivity contribution in [2.24, 2.45) is 0 Å². The van der Waals surface area contributed by atoms with Gasteiger partial charge in [0.05, 0.1) is 0 Å². The van der Waals surface area contributed by atoms with Gasteiger partial charge in [0.25, 0.3) is 0 Å². The predicted molar refractivity (Wildman–Crippen MR) is 77.9 cm³/mol. The van der Waals surface area contributed by atoms with Gasteiger partial charge in [-0.05, 0) is 38.5 Å². The second-order valence-electron chi connectivity index (χ2n) is 5.72. The van der Waals surface area contributed by atoms with E-state index in [0.29, 0.717) is 5.54 Å². The Morgan fingerprint density at radius 3 is 2.82 bits per heavy atom. The summed E-state index contributed by atoms with van der Waals surface area (Å²) in [6.07, 6.45) is 6.98. The monoisotopic (exact) mass is 256 g/mol. The van der Waals surface area contributed by atoms with Gasteiger partial charge in [-0.3, -0.25) is 4.90 Å². The molecule has 1 spiro atoms. The highest BCUT2D eigenvalue weighted by molar-refractivity contribution is 7.99. The van der Waals surface area contributed by atoms with Gasteiger partial charge in [-0.15, -0.1) is 0 Å². The minimum atomic E-state index is 0.474. The topological polar surface area (TPSA) is 15.3 Å². The van der Waals surface area contributed by atoms with E-state index in [1.54, 1.807) is 0 Å². The molecule has 0 aromatic heterocycles. The van der Waals surface area contributed by atoms with Crippen molar-refractivity contribution in [3.8, 4) is 0 Å². The first-order valence-electron chi connectivity index (χ1n) is 7.32. The van der Waals surface area contributed by atoms with E-state index in [4.69, 9.17) is 0 Å². The van der Waals surface area contributed by atoms with Crippen LogP contribution in [0.3, 0.4) is 0 Å². The zero-order chi connectivity index (χ0) is 12.1. The molecule has 100 valence electrons. The standard InChI is InChI=1S/C14H28N2S/c1-3-17-11-10-16-12-14(7-4-5-8-14)15-9-6-13(16)2/h13,15H,3-12H2,1-2H3. The Balaban J connectivity index is 1.91. The van der Waals surface area contributed by atoms with Crippen LogP contribution in [-0.4, -0.2) is 47.6 Å². The van der Waals surface area contributed by atoms with E-state index in [1.165, 1.54) is 63.2 Å². The highest BCUT2D eigenvalue weighted by Crippen LogP contribution is 2.32. The normalized spacial score (nSPS) is 29.6. The van der Waals surface area contributed by atoms with Crippen molar-refractivity contribution >= 4 is 11.8 Å². The summed E-state index contributed by atoms with van der Waals surface area (Å²) in [6.45, 7) is 8.46. The summed E-state index contributed by atoms with van der Waals surface area (Å²) < 4.78 is 0. The van der Waals surface area contributed by atoms with Crippen LogP contribution in [0.1, 0.15) is 46.0 Å². The molecule has 1 unspecified atom stereocenters. The molecule has 1 heterocycles. The highest BCUT2D eigenvalue weighted by atomic mass is 32.2. The molecule has 3 heteroatoms. The average Bonchev–Trinajstić information content (AvgIpc) is 2.70. The molecule has 1 N–H and O–H groups in total. The number of nitrogens with one attached hydrogen (secondary N) is 1. The summed E-state index contributed by atoms with van der Waals surface area (Å²) >= 11 is 2.08. The third kappa shape index (κ3) is 3.62. The zero-order valence-corrected chi connectivity index (χ0v) is 12.3. The molecule has 1 aliphatic carbocycles. The summed E-state index contributed by atoms with van der Waals surface area (Å²) in [4.78, 5) is 2.74. The highest BCUT2D eigenvalue weighted by Gasteiger charge is 2.37. The van der Waals surface area contributed by atoms with Gasteiger partial charge in [-0.2, -0.15) is 11.8 Å². The smallest absolute Gasteiger partial charge is 0.0308 e. The van der Waals surface area contributed by atoms with Crippen LogP contribution in [0, 0.1) is 0 Å². The van der Waals surface area contributed by atoms with Crippen LogP contribution in [0.4, 0.5) is 0 Å². The van der Waals surface area contributed by atoms with E-state index >= 15 is 0 Å². The summed E-state index contributed by atoms with van der Waals surface area (Å²) in [7, 11) is 0. The fraction of sp³-hybridized carbons (Fsp3) is 1.00. The second kappa shape index (κ2) is 6.44. The van der Waals surface area contributed by atoms with Gasteiger partial charge >= 0.3 is 0 Å². The number of hydrogen-bond donors (Lipinski definition) is 1. The lowest BCUT2D eigenvalue weighted by molar-refractivity contribution is 0.178. The van der Waals surface area contributed by atoms with E-state index < -0.39 is 0 Å². The molecule has 1 saturated carbocycles. The summed E-state index contributed by atoms with van der Waals surface area (Å²) in [5.41, 5.74) is 0.474. The van der Waals surface area contributed by atoms with Crippen LogP contribution in [0.25, 0.3) is 0 Å². The van der Waals surface area contributed by atoms with Crippen molar-refractivity contribution in [1.82, 2.24) is 10.2 Å². The Bertz CT molecular complexity index is 226. The first-order valence-corrected chi connectivity index (χ1v) is 8.48. The quantitative estimate of drug-likeness (QED) is 0.779. The zero-order valence-electron chi connectivity index (χ0n) is 11.5. The third-order valence-electron chi connectivity index (χ3n) is 4.48. The summed E-state index contributed by atoms with van der Waals surface area (Å²) in [5.74, 6) is 2.56. The second-order valence-corrected chi connectivity index (χ2v) is 7.11. The van der Waals surface area contributed by atoms with Crippen molar-refractivity contribution in [3.05, 3.63) is 0 Å². The van der Waals surface area contributed by atoms with Gasteiger partial charge in [-0.1, -0.05) is 19.8 Å². The molecule has 0 radical (unpaired) electrons. The average molecular weight is 256 g/mol. The minimum absolute atomic E-state index is 0.474. The molecule has 2 aliphatic rings. The van der Waals surface area contributed by atoms with Crippen molar-refractivity contribution in [1.29, 1.82) is 0 Å². The van der Waals surface area contributed by atoms with E-state index in [9.17, 15) is 0 Å². The number of hydrogen-bond acceptors (Lipinski definition) is 3. The molecular weight excluding hydrogens is 228 g/mol. The molecule has 0 bridgehead atoms. The van der Waals surface area contributed by atoms with Crippen molar-refractivity contribution < 1.29 is 0 Å². The third-order valence-corrected chi connectivity index (χ3v) is 5.36. The molecule has 1 aliphatic heterocycles. The maximum atomic E-state index is 3.86. The van der Waals surface area contributed by atoms with Gasteiger partial charge in [0.1, 0.15) is 0 Å². The van der Waals surface area contributed by atoms with E-state index in [1.807, 2.05) is 0 Å². The van der Waals surface area contributed by atoms with Crippen molar-refractivity contribution in [2.75, 3.05) is 31.1 Å². The first kappa shape index (κ1) is 13.7. The van der Waals surface area contributed by atoms with Gasteiger partial charge in [0.15, 0.2) is 0 Å². The lowest BCUT2D eigenvalue weighted by Crippen LogP contribution is -2.50. The largest absolute Gasteiger partial charge is 0.310 e. The van der Waals surface area contributed by atoms with Crippen LogP contribution in [0.2, 0.25) is 0 Å². The van der Waals surface area contributed by atoms with Crippen LogP contribution >= 0.6 is 11.8 Å². The first-order chi connectivity index (χ1) is 8.26. The van der Waals surface area contributed by atoms with Crippen LogP contribution in [-0.2, 0) is 0 Å². The van der Waals surface area contributed by atoms with Crippen LogP contribution in [0.15, 0.2) is 0 Å². The van der Waals surface area contributed by atoms with Crippen molar-refractivity contribution in [3.63, 3.8) is 0 Å². The molecule has 1 saturated heterocycles. The van der Waals surface area contributed by atoms with Gasteiger partial charge in [0.2, 0.25) is 0 Å². The fourth-order valence-corrected chi connectivity index (χ4v) is 3.99. The minimum Gasteiger partial charge on any atom is -0.310 e. The molecular formula is C14H28N2S. The Morgan fingerprint density at radius 1 is 1.35 bits per heavy atom. The molecule has 17 heavy (non-hydrogen) atoms. The lowest BCUT2D eigenvalue weighted by Gasteiger charge is -2.35. The molecule has 2 nitrogen and oxygen atoms in total. The molecule has 1 atom stereocenters. The molecule has 2 rings (SSSR count). The Morgan fingerprint density at radius 2 is 2.12 bits per heavy atom. The number of nitrogens with zero attached hydrogens (tertiary/aromatic N) is 1. The Labute approximate surface area is 111 Å². The van der Waals surface area contributed by atoms with E-state index in [2.05, 4.69) is 35.8 Å². The maximum Gasteiger partial charge on any atom is 0.0308 e. The molecule has 2 fully saturated rings. The maximum absolute atomic E-state index is 3.86. The molecule has 0 aromatic carbocycles. The fourth-order valence-electron chi connectivity index (χ4n) is 3.34. The number of thioether (sulfide) groups is 1. The summed E-state index contributed by atoms with van der Waals surface area (Å²) in [5, 5.41) is 3.86. The van der Waals surface area contributed by atoms with Crippen molar-refractivity contribution in [2.45, 2.75) is 57.5 Å².